The summed E-state index contributed by atoms with van der Waals surface area (Å²) in [6, 6.07) is 12.3. The van der Waals surface area contributed by atoms with Crippen LogP contribution in [0.15, 0.2) is 67.1 Å². The van der Waals surface area contributed by atoms with Gasteiger partial charge in [-0.15, -0.1) is 0 Å². The summed E-state index contributed by atoms with van der Waals surface area (Å²) >= 11 is 0. The molecule has 1 aromatic heterocycles. The second-order valence-corrected chi connectivity index (χ2v) is 6.24. The number of amides is 2. The fourth-order valence-corrected chi connectivity index (χ4v) is 3.15. The van der Waals surface area contributed by atoms with E-state index in [9.17, 15) is 9.18 Å². The number of anilines is 3. The van der Waals surface area contributed by atoms with Gasteiger partial charge < -0.3 is 10.2 Å². The number of nitrogens with zero attached hydrogens (tertiary/aromatic N) is 4. The first-order valence-electron chi connectivity index (χ1n) is 8.71. The minimum absolute atomic E-state index is 0.0682. The van der Waals surface area contributed by atoms with Crippen LogP contribution in [-0.4, -0.2) is 28.8 Å². The highest BCUT2D eigenvalue weighted by Gasteiger charge is 2.35. The first-order chi connectivity index (χ1) is 13.6. The van der Waals surface area contributed by atoms with E-state index in [1.54, 1.807) is 35.2 Å². The molecule has 1 aliphatic heterocycles. The molecular weight excluding hydrogens is 364 g/mol. The monoisotopic (exact) mass is 381 g/mol. The number of fused-ring (bicyclic) bond motifs is 1. The van der Waals surface area contributed by atoms with Crippen molar-refractivity contribution in [1.29, 1.82) is 0 Å². The molecule has 1 atom stereocenters. The van der Waals surface area contributed by atoms with E-state index in [0.29, 0.717) is 22.8 Å². The average molecular weight is 381 g/mol. The maximum absolute atomic E-state index is 15.0. The van der Waals surface area contributed by atoms with E-state index in [1.165, 1.54) is 30.7 Å². The van der Waals surface area contributed by atoms with Crippen LogP contribution in [0.4, 0.5) is 30.6 Å². The molecule has 2 aromatic carbocycles. The third-order valence-corrected chi connectivity index (χ3v) is 4.44. The van der Waals surface area contributed by atoms with Crippen molar-refractivity contribution in [3.05, 3.63) is 78.6 Å². The van der Waals surface area contributed by atoms with Gasteiger partial charge in [-0.25, -0.2) is 13.6 Å². The Bertz CT molecular complexity index is 968. The van der Waals surface area contributed by atoms with Gasteiger partial charge in [0.1, 0.15) is 5.82 Å². The minimum atomic E-state index is -1.58. The summed E-state index contributed by atoms with van der Waals surface area (Å²) in [5.74, 6) is -0.365. The van der Waals surface area contributed by atoms with Crippen LogP contribution in [0, 0.1) is 5.82 Å². The number of carbonyl (C=O) groups is 1. The van der Waals surface area contributed by atoms with Crippen LogP contribution in [0.25, 0.3) is 0 Å². The van der Waals surface area contributed by atoms with Crippen molar-refractivity contribution in [3.8, 4) is 0 Å². The standard InChI is InChI=1S/C20H17F2N5O/c21-14-5-7-16(8-6-14)26-13-19(22)27(18-4-2-1-3-17(18)26)20(28)25-12-15-11-23-9-10-24-15/h1-11,19H,12-13H2,(H,25,28). The lowest BCUT2D eigenvalue weighted by molar-refractivity contribution is 0.231. The number of para-hydroxylation sites is 2. The maximum Gasteiger partial charge on any atom is 0.324 e. The Labute approximate surface area is 160 Å². The molecule has 142 valence electrons. The molecule has 0 radical (unpaired) electrons. The van der Waals surface area contributed by atoms with Crippen molar-refractivity contribution in [2.45, 2.75) is 12.8 Å². The molecule has 1 unspecified atom stereocenters. The highest BCUT2D eigenvalue weighted by Crippen LogP contribution is 2.39. The van der Waals surface area contributed by atoms with Crippen molar-refractivity contribution in [2.24, 2.45) is 0 Å². The fourth-order valence-electron chi connectivity index (χ4n) is 3.15. The maximum atomic E-state index is 15.0. The zero-order valence-electron chi connectivity index (χ0n) is 14.8. The first-order valence-corrected chi connectivity index (χ1v) is 8.71. The first kappa shape index (κ1) is 17.8. The number of aromatic nitrogens is 2. The Morgan fingerprint density at radius 3 is 2.57 bits per heavy atom. The Kier molecular flexibility index (Phi) is 4.84. The largest absolute Gasteiger partial charge is 0.335 e. The Morgan fingerprint density at radius 1 is 1.11 bits per heavy atom. The minimum Gasteiger partial charge on any atom is -0.335 e. The van der Waals surface area contributed by atoms with Crippen LogP contribution < -0.4 is 15.1 Å². The predicted octanol–water partition coefficient (Wildman–Crippen LogP) is 3.78. The van der Waals surface area contributed by atoms with Gasteiger partial charge in [0.05, 0.1) is 36.4 Å². The lowest BCUT2D eigenvalue weighted by Crippen LogP contribution is -2.51. The molecule has 0 saturated heterocycles. The van der Waals surface area contributed by atoms with Crippen LogP contribution in [0.5, 0.6) is 0 Å². The zero-order chi connectivity index (χ0) is 19.5. The van der Waals surface area contributed by atoms with E-state index in [2.05, 4.69) is 15.3 Å². The van der Waals surface area contributed by atoms with E-state index in [4.69, 9.17) is 0 Å². The number of alkyl halides is 1. The summed E-state index contributed by atoms with van der Waals surface area (Å²) in [5.41, 5.74) is 2.32. The number of nitrogens with one attached hydrogen (secondary N) is 1. The van der Waals surface area contributed by atoms with Gasteiger partial charge in [0.2, 0.25) is 0 Å². The number of urea groups is 1. The van der Waals surface area contributed by atoms with E-state index in [1.807, 2.05) is 6.07 Å². The third-order valence-electron chi connectivity index (χ3n) is 4.44. The summed E-state index contributed by atoms with van der Waals surface area (Å²) < 4.78 is 28.3. The number of hydrogen-bond acceptors (Lipinski definition) is 4. The van der Waals surface area contributed by atoms with E-state index >= 15 is 4.39 Å². The number of carbonyl (C=O) groups excluding carboxylic acids is 1. The Morgan fingerprint density at radius 2 is 1.86 bits per heavy atom. The van der Waals surface area contributed by atoms with Gasteiger partial charge in [0.25, 0.3) is 0 Å². The quantitative estimate of drug-likeness (QED) is 0.702. The molecule has 3 aromatic rings. The number of rotatable bonds is 3. The SMILES string of the molecule is O=C(NCc1cnccn1)N1c2ccccc2N(c2ccc(F)cc2)CC1F. The van der Waals surface area contributed by atoms with E-state index in [-0.39, 0.29) is 18.9 Å². The van der Waals surface area contributed by atoms with Crippen LogP contribution >= 0.6 is 0 Å². The summed E-state index contributed by atoms with van der Waals surface area (Å²) in [5, 5.41) is 2.68. The molecule has 2 heterocycles. The highest BCUT2D eigenvalue weighted by atomic mass is 19.1. The summed E-state index contributed by atoms with van der Waals surface area (Å²) in [4.78, 5) is 23.5. The average Bonchev–Trinajstić information content (AvgIpc) is 2.73. The zero-order valence-corrected chi connectivity index (χ0v) is 14.8. The number of benzene rings is 2. The van der Waals surface area contributed by atoms with Gasteiger partial charge in [-0.3, -0.25) is 14.9 Å². The summed E-state index contributed by atoms with van der Waals surface area (Å²) in [6.07, 6.45) is 3.01. The molecule has 0 aliphatic carbocycles. The molecule has 4 rings (SSSR count). The Hall–Kier alpha value is -3.55. The molecular formula is C20H17F2N5O. The van der Waals surface area contributed by atoms with Gasteiger partial charge in [0.15, 0.2) is 6.30 Å². The molecule has 6 nitrogen and oxygen atoms in total. The van der Waals surface area contributed by atoms with Gasteiger partial charge in [-0.05, 0) is 36.4 Å². The lowest BCUT2D eigenvalue weighted by Gasteiger charge is -2.39. The second kappa shape index (κ2) is 7.59. The van der Waals surface area contributed by atoms with E-state index in [0.717, 1.165) is 4.90 Å². The van der Waals surface area contributed by atoms with Crippen molar-refractivity contribution in [2.75, 3.05) is 16.3 Å². The van der Waals surface area contributed by atoms with Crippen LogP contribution in [-0.2, 0) is 6.54 Å². The molecule has 0 bridgehead atoms. The van der Waals surface area contributed by atoms with E-state index < -0.39 is 12.3 Å². The van der Waals surface area contributed by atoms with Gasteiger partial charge in [-0.1, -0.05) is 12.1 Å². The smallest absolute Gasteiger partial charge is 0.324 e. The number of hydrogen-bond donors (Lipinski definition) is 1. The van der Waals surface area contributed by atoms with Crippen molar-refractivity contribution in [3.63, 3.8) is 0 Å². The Balaban J connectivity index is 1.60. The van der Waals surface area contributed by atoms with Gasteiger partial charge >= 0.3 is 6.03 Å². The van der Waals surface area contributed by atoms with Crippen molar-refractivity contribution in [1.82, 2.24) is 15.3 Å². The lowest BCUT2D eigenvalue weighted by atomic mass is 10.1. The van der Waals surface area contributed by atoms with Gasteiger partial charge in [-0.2, -0.15) is 0 Å². The number of halogens is 2. The highest BCUT2D eigenvalue weighted by molar-refractivity contribution is 5.98. The van der Waals surface area contributed by atoms with Crippen LogP contribution in [0.2, 0.25) is 0 Å². The molecule has 1 aliphatic rings. The van der Waals surface area contributed by atoms with Crippen LogP contribution in [0.3, 0.4) is 0 Å². The fraction of sp³-hybridized carbons (Fsp3) is 0.150. The molecule has 2 amide bonds. The molecule has 0 saturated carbocycles. The molecule has 1 N–H and O–H groups in total. The third kappa shape index (κ3) is 3.48. The molecule has 8 heteroatoms. The molecule has 28 heavy (non-hydrogen) atoms. The van der Waals surface area contributed by atoms with Crippen molar-refractivity contribution < 1.29 is 13.6 Å². The summed E-state index contributed by atoms with van der Waals surface area (Å²) in [6.45, 7) is 0.0704. The normalized spacial score (nSPS) is 15.9. The summed E-state index contributed by atoms with van der Waals surface area (Å²) in [7, 11) is 0. The van der Waals surface area contributed by atoms with Crippen LogP contribution in [0.1, 0.15) is 5.69 Å². The molecule has 0 fully saturated rings. The topological polar surface area (TPSA) is 61.4 Å². The molecule has 0 spiro atoms. The second-order valence-electron chi connectivity index (χ2n) is 6.24. The van der Waals surface area contributed by atoms with Crippen molar-refractivity contribution >= 4 is 23.1 Å². The van der Waals surface area contributed by atoms with Gasteiger partial charge in [0, 0.05) is 18.1 Å². The predicted molar refractivity (Wildman–Crippen MR) is 101 cm³/mol.